The van der Waals surface area contributed by atoms with E-state index in [0.29, 0.717) is 5.69 Å². The molecule has 0 bridgehead atoms. The first-order chi connectivity index (χ1) is 9.75. The van der Waals surface area contributed by atoms with E-state index >= 15 is 0 Å². The molecule has 0 saturated carbocycles. The number of carbonyl (C=O) groups excluding carboxylic acids is 1. The van der Waals surface area contributed by atoms with Gasteiger partial charge in [-0.05, 0) is 22.9 Å². The van der Waals surface area contributed by atoms with Gasteiger partial charge in [0.2, 0.25) is 0 Å². The van der Waals surface area contributed by atoms with Crippen LogP contribution < -0.4 is 4.90 Å². The lowest BCUT2D eigenvalue weighted by Crippen LogP contribution is -2.27. The fourth-order valence-corrected chi connectivity index (χ4v) is 2.08. The van der Waals surface area contributed by atoms with Gasteiger partial charge >= 0.3 is 0 Å². The van der Waals surface area contributed by atoms with Gasteiger partial charge in [-0.2, -0.15) is 0 Å². The number of aromatic nitrogens is 2. The molecule has 4 heteroatoms. The van der Waals surface area contributed by atoms with Crippen LogP contribution in [0.1, 0.15) is 10.5 Å². The van der Waals surface area contributed by atoms with E-state index in [9.17, 15) is 4.79 Å². The average Bonchev–Trinajstić information content (AvgIpc) is 2.54. The Labute approximate surface area is 116 Å². The van der Waals surface area contributed by atoms with Crippen molar-refractivity contribution in [2.24, 2.45) is 0 Å². The zero-order valence-electron chi connectivity index (χ0n) is 11.0. The van der Waals surface area contributed by atoms with Crippen molar-refractivity contribution in [3.63, 3.8) is 0 Å². The molecule has 1 heterocycles. The molecule has 0 aliphatic rings. The summed E-state index contributed by atoms with van der Waals surface area (Å²) >= 11 is 0. The SMILES string of the molecule is CN(C(=O)c1cnccn1)c1ccc2ccccc2c1. The molecule has 0 atom stereocenters. The van der Waals surface area contributed by atoms with Gasteiger partial charge in [-0.1, -0.05) is 30.3 Å². The van der Waals surface area contributed by atoms with Crippen LogP contribution in [0.5, 0.6) is 0 Å². The summed E-state index contributed by atoms with van der Waals surface area (Å²) in [5.74, 6) is -0.173. The standard InChI is InChI=1S/C16H13N3O/c1-19(16(20)15-11-17-8-9-18-15)14-7-6-12-4-2-3-5-13(12)10-14/h2-11H,1H3. The van der Waals surface area contributed by atoms with Gasteiger partial charge in [-0.15, -0.1) is 0 Å². The Kier molecular flexibility index (Phi) is 3.13. The number of benzene rings is 2. The van der Waals surface area contributed by atoms with Crippen molar-refractivity contribution < 1.29 is 4.79 Å². The summed E-state index contributed by atoms with van der Waals surface area (Å²) < 4.78 is 0. The van der Waals surface area contributed by atoms with Crippen molar-refractivity contribution in [1.82, 2.24) is 9.97 Å². The van der Waals surface area contributed by atoms with Crippen LogP contribution in [0, 0.1) is 0 Å². The van der Waals surface area contributed by atoms with Gasteiger partial charge in [0.05, 0.1) is 6.20 Å². The summed E-state index contributed by atoms with van der Waals surface area (Å²) in [6.07, 6.45) is 4.54. The van der Waals surface area contributed by atoms with E-state index in [2.05, 4.69) is 9.97 Å². The van der Waals surface area contributed by atoms with Crippen molar-refractivity contribution in [1.29, 1.82) is 0 Å². The lowest BCUT2D eigenvalue weighted by Gasteiger charge is -2.17. The molecule has 0 fully saturated rings. The summed E-state index contributed by atoms with van der Waals surface area (Å²) in [4.78, 5) is 21.8. The fraction of sp³-hybridized carbons (Fsp3) is 0.0625. The van der Waals surface area contributed by atoms with Crippen LogP contribution in [0.15, 0.2) is 61.1 Å². The number of hydrogen-bond acceptors (Lipinski definition) is 3. The Balaban J connectivity index is 1.96. The molecule has 0 aliphatic heterocycles. The molecule has 4 nitrogen and oxygen atoms in total. The van der Waals surface area contributed by atoms with Gasteiger partial charge in [-0.3, -0.25) is 9.78 Å². The summed E-state index contributed by atoms with van der Waals surface area (Å²) in [6, 6.07) is 14.0. The highest BCUT2D eigenvalue weighted by Crippen LogP contribution is 2.22. The molecular formula is C16H13N3O. The number of carbonyl (C=O) groups is 1. The van der Waals surface area contributed by atoms with E-state index in [0.717, 1.165) is 16.5 Å². The summed E-state index contributed by atoms with van der Waals surface area (Å²) in [5.41, 5.74) is 1.17. The molecular weight excluding hydrogens is 250 g/mol. The van der Waals surface area contributed by atoms with Gasteiger partial charge in [0, 0.05) is 25.1 Å². The second-order valence-electron chi connectivity index (χ2n) is 4.49. The van der Waals surface area contributed by atoms with Crippen LogP contribution in [-0.2, 0) is 0 Å². The summed E-state index contributed by atoms with van der Waals surface area (Å²) in [7, 11) is 1.74. The third kappa shape index (κ3) is 2.23. The van der Waals surface area contributed by atoms with Crippen molar-refractivity contribution in [2.45, 2.75) is 0 Å². The maximum absolute atomic E-state index is 12.3. The zero-order chi connectivity index (χ0) is 13.9. The van der Waals surface area contributed by atoms with E-state index < -0.39 is 0 Å². The number of anilines is 1. The topological polar surface area (TPSA) is 46.1 Å². The maximum atomic E-state index is 12.3. The number of fused-ring (bicyclic) bond motifs is 1. The highest BCUT2D eigenvalue weighted by Gasteiger charge is 2.14. The van der Waals surface area contributed by atoms with E-state index in [1.165, 1.54) is 12.4 Å². The number of rotatable bonds is 2. The molecule has 98 valence electrons. The first kappa shape index (κ1) is 12.3. The van der Waals surface area contributed by atoms with Crippen LogP contribution in [0.25, 0.3) is 10.8 Å². The Bertz CT molecular complexity index is 756. The van der Waals surface area contributed by atoms with Crippen LogP contribution in [-0.4, -0.2) is 22.9 Å². The Morgan fingerprint density at radius 1 is 1.05 bits per heavy atom. The van der Waals surface area contributed by atoms with E-state index in [1.807, 2.05) is 42.5 Å². The zero-order valence-corrected chi connectivity index (χ0v) is 11.0. The van der Waals surface area contributed by atoms with Crippen molar-refractivity contribution >= 4 is 22.4 Å². The van der Waals surface area contributed by atoms with Gasteiger partial charge in [-0.25, -0.2) is 4.98 Å². The lowest BCUT2D eigenvalue weighted by atomic mass is 10.1. The predicted octanol–water partition coefficient (Wildman–Crippen LogP) is 2.91. The predicted molar refractivity (Wildman–Crippen MR) is 78.7 cm³/mol. The first-order valence-corrected chi connectivity index (χ1v) is 6.28. The Morgan fingerprint density at radius 3 is 2.60 bits per heavy atom. The second kappa shape index (κ2) is 5.09. The molecule has 3 rings (SSSR count). The third-order valence-corrected chi connectivity index (χ3v) is 3.21. The largest absolute Gasteiger partial charge is 0.310 e. The quantitative estimate of drug-likeness (QED) is 0.714. The van der Waals surface area contributed by atoms with Gasteiger partial charge in [0.1, 0.15) is 5.69 Å². The van der Waals surface area contributed by atoms with Crippen molar-refractivity contribution in [3.8, 4) is 0 Å². The molecule has 0 N–H and O–H groups in total. The third-order valence-electron chi connectivity index (χ3n) is 3.21. The van der Waals surface area contributed by atoms with Crippen molar-refractivity contribution in [2.75, 3.05) is 11.9 Å². The van der Waals surface area contributed by atoms with Crippen molar-refractivity contribution in [3.05, 3.63) is 66.7 Å². The molecule has 3 aromatic rings. The lowest BCUT2D eigenvalue weighted by molar-refractivity contribution is 0.0988. The Hall–Kier alpha value is -2.75. The summed E-state index contributed by atoms with van der Waals surface area (Å²) in [5, 5.41) is 2.25. The molecule has 20 heavy (non-hydrogen) atoms. The van der Waals surface area contributed by atoms with E-state index in [4.69, 9.17) is 0 Å². The van der Waals surface area contributed by atoms with E-state index in [1.54, 1.807) is 18.1 Å². The molecule has 1 amide bonds. The highest BCUT2D eigenvalue weighted by molar-refractivity contribution is 6.05. The first-order valence-electron chi connectivity index (χ1n) is 6.28. The minimum Gasteiger partial charge on any atom is -0.310 e. The molecule has 2 aromatic carbocycles. The molecule has 0 aliphatic carbocycles. The monoisotopic (exact) mass is 263 g/mol. The second-order valence-corrected chi connectivity index (χ2v) is 4.49. The number of nitrogens with zero attached hydrogens (tertiary/aromatic N) is 3. The molecule has 1 aromatic heterocycles. The molecule has 0 spiro atoms. The normalized spacial score (nSPS) is 10.4. The molecule has 0 unspecified atom stereocenters. The van der Waals surface area contributed by atoms with Crippen LogP contribution in [0.2, 0.25) is 0 Å². The summed E-state index contributed by atoms with van der Waals surface area (Å²) in [6.45, 7) is 0. The Morgan fingerprint density at radius 2 is 1.85 bits per heavy atom. The van der Waals surface area contributed by atoms with Gasteiger partial charge in [0.25, 0.3) is 5.91 Å². The molecule has 0 radical (unpaired) electrons. The average molecular weight is 263 g/mol. The maximum Gasteiger partial charge on any atom is 0.278 e. The fourth-order valence-electron chi connectivity index (χ4n) is 2.08. The highest BCUT2D eigenvalue weighted by atomic mass is 16.2. The number of amides is 1. The number of hydrogen-bond donors (Lipinski definition) is 0. The molecule has 0 saturated heterocycles. The van der Waals surface area contributed by atoms with Gasteiger partial charge < -0.3 is 4.90 Å². The minimum atomic E-state index is -0.173. The van der Waals surface area contributed by atoms with Crippen LogP contribution in [0.3, 0.4) is 0 Å². The van der Waals surface area contributed by atoms with Gasteiger partial charge in [0.15, 0.2) is 0 Å². The smallest absolute Gasteiger partial charge is 0.278 e. The van der Waals surface area contributed by atoms with Crippen LogP contribution >= 0.6 is 0 Å². The van der Waals surface area contributed by atoms with E-state index in [-0.39, 0.29) is 5.91 Å². The minimum absolute atomic E-state index is 0.173. The van der Waals surface area contributed by atoms with Crippen LogP contribution in [0.4, 0.5) is 5.69 Å².